The molecule has 0 saturated carbocycles. The summed E-state index contributed by atoms with van der Waals surface area (Å²) in [4.78, 5) is 40.1. The van der Waals surface area contributed by atoms with Crippen LogP contribution in [0.1, 0.15) is 35.3 Å². The smallest absolute Gasteiger partial charge is 0.244 e. The number of amides is 1. The largest absolute Gasteiger partial charge is 0.497 e. The predicted octanol–water partition coefficient (Wildman–Crippen LogP) is 4.85. The molecule has 8 nitrogen and oxygen atoms in total. The lowest BCUT2D eigenvalue weighted by molar-refractivity contribution is -0.116. The van der Waals surface area contributed by atoms with Crippen LogP contribution in [0.25, 0.3) is 10.9 Å². The van der Waals surface area contributed by atoms with Gasteiger partial charge in [-0.15, -0.1) is 0 Å². The Morgan fingerprint density at radius 2 is 1.63 bits per heavy atom. The average Bonchev–Trinajstić information content (AvgIpc) is 2.94. The van der Waals surface area contributed by atoms with Crippen LogP contribution in [0.15, 0.2) is 71.7 Å². The van der Waals surface area contributed by atoms with Gasteiger partial charge in [-0.3, -0.25) is 14.4 Å². The Hall–Kier alpha value is -4.59. The molecule has 1 N–H and O–H groups in total. The van der Waals surface area contributed by atoms with E-state index in [1.807, 2.05) is 26.0 Å². The van der Waals surface area contributed by atoms with E-state index in [0.29, 0.717) is 46.0 Å². The highest BCUT2D eigenvalue weighted by molar-refractivity contribution is 6.10. The van der Waals surface area contributed by atoms with Gasteiger partial charge in [-0.2, -0.15) is 0 Å². The van der Waals surface area contributed by atoms with Gasteiger partial charge in [-0.25, -0.2) is 0 Å². The molecule has 0 unspecified atom stereocenters. The monoisotopic (exact) mass is 514 g/mol. The molecule has 0 saturated heterocycles. The Morgan fingerprint density at radius 3 is 2.29 bits per heavy atom. The van der Waals surface area contributed by atoms with Crippen molar-refractivity contribution in [3.63, 3.8) is 0 Å². The quantitative estimate of drug-likeness (QED) is 0.304. The molecule has 0 aliphatic heterocycles. The third-order valence-electron chi connectivity index (χ3n) is 6.23. The second kappa shape index (κ2) is 11.6. The summed E-state index contributed by atoms with van der Waals surface area (Å²) in [5.41, 5.74) is 1.98. The van der Waals surface area contributed by atoms with Crippen LogP contribution in [0.4, 0.5) is 5.69 Å². The van der Waals surface area contributed by atoms with Crippen LogP contribution in [-0.2, 0) is 17.8 Å². The number of benzene rings is 3. The Kier molecular flexibility index (Phi) is 8.11. The molecular weight excluding hydrogens is 484 g/mol. The molecule has 1 aromatic heterocycles. The number of rotatable bonds is 10. The SMILES string of the molecule is CCOc1ccc2c(c1)c(=O)c(C(=O)c1ccc(CC)cc1)cn2CC(=O)Nc1cc(OC)ccc1OC. The normalized spacial score (nSPS) is 10.7. The van der Waals surface area contributed by atoms with E-state index in [1.54, 1.807) is 53.1 Å². The zero-order valence-electron chi connectivity index (χ0n) is 21.9. The van der Waals surface area contributed by atoms with Crippen molar-refractivity contribution in [1.82, 2.24) is 4.57 Å². The van der Waals surface area contributed by atoms with Crippen LogP contribution >= 0.6 is 0 Å². The summed E-state index contributed by atoms with van der Waals surface area (Å²) in [7, 11) is 3.04. The summed E-state index contributed by atoms with van der Waals surface area (Å²) in [6.45, 7) is 4.15. The first-order valence-corrected chi connectivity index (χ1v) is 12.3. The zero-order chi connectivity index (χ0) is 27.2. The Balaban J connectivity index is 1.76. The second-order valence-electron chi connectivity index (χ2n) is 8.61. The Bertz CT molecular complexity index is 1540. The number of aromatic nitrogens is 1. The first-order chi connectivity index (χ1) is 18.4. The maximum atomic E-state index is 13.5. The fraction of sp³-hybridized carbons (Fsp3) is 0.233. The molecule has 38 heavy (non-hydrogen) atoms. The number of ketones is 1. The van der Waals surface area contributed by atoms with Crippen molar-refractivity contribution in [3.8, 4) is 17.2 Å². The number of ether oxygens (including phenoxy) is 3. The number of carbonyl (C=O) groups is 2. The van der Waals surface area contributed by atoms with Gasteiger partial charge in [0.2, 0.25) is 11.3 Å². The topological polar surface area (TPSA) is 95.9 Å². The number of anilines is 1. The van der Waals surface area contributed by atoms with Gasteiger partial charge in [-0.1, -0.05) is 31.2 Å². The van der Waals surface area contributed by atoms with Crippen molar-refractivity contribution < 1.29 is 23.8 Å². The van der Waals surface area contributed by atoms with Gasteiger partial charge in [0.1, 0.15) is 23.8 Å². The molecule has 0 fully saturated rings. The van der Waals surface area contributed by atoms with E-state index in [1.165, 1.54) is 20.4 Å². The number of fused-ring (bicyclic) bond motifs is 1. The van der Waals surface area contributed by atoms with Crippen molar-refractivity contribution >= 4 is 28.3 Å². The molecule has 0 aliphatic rings. The molecule has 1 heterocycles. The number of methoxy groups -OCH3 is 2. The summed E-state index contributed by atoms with van der Waals surface area (Å²) >= 11 is 0. The van der Waals surface area contributed by atoms with Gasteiger partial charge in [0, 0.05) is 17.8 Å². The highest BCUT2D eigenvalue weighted by Crippen LogP contribution is 2.29. The summed E-state index contributed by atoms with van der Waals surface area (Å²) in [6.07, 6.45) is 2.29. The number of carbonyl (C=O) groups excluding carboxylic acids is 2. The minimum absolute atomic E-state index is 0.0258. The van der Waals surface area contributed by atoms with Gasteiger partial charge in [0.25, 0.3) is 0 Å². The summed E-state index contributed by atoms with van der Waals surface area (Å²) in [5, 5.41) is 3.13. The molecule has 0 bridgehead atoms. The van der Waals surface area contributed by atoms with Gasteiger partial charge in [0.15, 0.2) is 5.78 Å². The summed E-state index contributed by atoms with van der Waals surface area (Å²) in [5.74, 6) is 0.745. The lowest BCUT2D eigenvalue weighted by atomic mass is 10.0. The van der Waals surface area contributed by atoms with Gasteiger partial charge in [-0.05, 0) is 49.2 Å². The number of aryl methyl sites for hydroxylation is 1. The van der Waals surface area contributed by atoms with Gasteiger partial charge >= 0.3 is 0 Å². The zero-order valence-corrected chi connectivity index (χ0v) is 21.9. The lowest BCUT2D eigenvalue weighted by Crippen LogP contribution is -2.24. The molecule has 0 radical (unpaired) electrons. The fourth-order valence-corrected chi connectivity index (χ4v) is 4.23. The van der Waals surface area contributed by atoms with Crippen molar-refractivity contribution in [3.05, 3.63) is 93.8 Å². The van der Waals surface area contributed by atoms with E-state index in [9.17, 15) is 14.4 Å². The van der Waals surface area contributed by atoms with Crippen molar-refractivity contribution in [2.45, 2.75) is 26.8 Å². The Labute approximate surface area is 220 Å². The van der Waals surface area contributed by atoms with Crippen LogP contribution in [0.2, 0.25) is 0 Å². The Morgan fingerprint density at radius 1 is 0.895 bits per heavy atom. The standard InChI is InChI=1S/C30H30N2O6/c1-5-19-7-9-20(10-8-19)29(34)24-17-32(26-13-11-22(38-6-2)15-23(26)30(24)35)18-28(33)31-25-16-21(36-3)12-14-27(25)37-4/h7-17H,5-6,18H2,1-4H3,(H,31,33). The summed E-state index contributed by atoms with van der Waals surface area (Å²) < 4.78 is 17.8. The van der Waals surface area contributed by atoms with Gasteiger partial charge in [0.05, 0.1) is 43.0 Å². The van der Waals surface area contributed by atoms with Gasteiger partial charge < -0.3 is 24.1 Å². The molecule has 0 atom stereocenters. The third kappa shape index (κ3) is 5.54. The molecule has 4 rings (SSSR count). The van der Waals surface area contributed by atoms with E-state index in [4.69, 9.17) is 14.2 Å². The fourth-order valence-electron chi connectivity index (χ4n) is 4.23. The molecule has 0 aliphatic carbocycles. The van der Waals surface area contributed by atoms with Crippen LogP contribution in [0.3, 0.4) is 0 Å². The molecule has 3 aromatic carbocycles. The van der Waals surface area contributed by atoms with E-state index in [-0.39, 0.29) is 18.0 Å². The van der Waals surface area contributed by atoms with E-state index < -0.39 is 11.2 Å². The highest BCUT2D eigenvalue weighted by Gasteiger charge is 2.19. The van der Waals surface area contributed by atoms with Crippen molar-refractivity contribution in [2.75, 3.05) is 26.1 Å². The molecule has 4 aromatic rings. The average molecular weight is 515 g/mol. The number of hydrogen-bond acceptors (Lipinski definition) is 6. The van der Waals surface area contributed by atoms with Crippen molar-refractivity contribution in [1.29, 1.82) is 0 Å². The minimum atomic E-state index is -0.419. The second-order valence-corrected chi connectivity index (χ2v) is 8.61. The van der Waals surface area contributed by atoms with Crippen molar-refractivity contribution in [2.24, 2.45) is 0 Å². The number of hydrogen-bond donors (Lipinski definition) is 1. The molecule has 1 amide bonds. The number of nitrogens with one attached hydrogen (secondary N) is 1. The maximum absolute atomic E-state index is 13.5. The van der Waals surface area contributed by atoms with Crippen LogP contribution in [0, 0.1) is 0 Å². The lowest BCUT2D eigenvalue weighted by Gasteiger charge is -2.16. The maximum Gasteiger partial charge on any atom is 0.244 e. The van der Waals surface area contributed by atoms with E-state index in [2.05, 4.69) is 5.32 Å². The van der Waals surface area contributed by atoms with Crippen LogP contribution < -0.4 is 25.0 Å². The predicted molar refractivity (Wildman–Crippen MR) is 147 cm³/mol. The molecular formula is C30H30N2O6. The van der Waals surface area contributed by atoms with Crippen LogP contribution in [0.5, 0.6) is 17.2 Å². The number of nitrogens with zero attached hydrogens (tertiary/aromatic N) is 1. The van der Waals surface area contributed by atoms with E-state index >= 15 is 0 Å². The minimum Gasteiger partial charge on any atom is -0.497 e. The van der Waals surface area contributed by atoms with E-state index in [0.717, 1.165) is 12.0 Å². The first-order valence-electron chi connectivity index (χ1n) is 12.3. The molecule has 196 valence electrons. The molecule has 8 heteroatoms. The molecule has 0 spiro atoms. The van der Waals surface area contributed by atoms with Crippen LogP contribution in [-0.4, -0.2) is 37.1 Å². The highest BCUT2D eigenvalue weighted by atomic mass is 16.5. The first kappa shape index (κ1) is 26.5. The number of pyridine rings is 1. The summed E-state index contributed by atoms with van der Waals surface area (Å²) in [6, 6.07) is 17.3. The third-order valence-corrected chi connectivity index (χ3v) is 6.23.